The molecular formula is C20H24N6O4. The average Bonchev–Trinajstić information content (AvgIpc) is 3.45. The minimum atomic E-state index is -0.545. The number of amides is 2. The number of aromatic nitrogens is 2. The molecule has 1 aliphatic carbocycles. The van der Waals surface area contributed by atoms with Crippen LogP contribution in [-0.2, 0) is 7.05 Å². The van der Waals surface area contributed by atoms with Crippen molar-refractivity contribution in [1.29, 1.82) is 0 Å². The van der Waals surface area contributed by atoms with E-state index in [9.17, 15) is 19.7 Å². The van der Waals surface area contributed by atoms with E-state index in [0.29, 0.717) is 30.0 Å². The van der Waals surface area contributed by atoms with Crippen molar-refractivity contribution in [2.75, 3.05) is 18.4 Å². The number of likely N-dealkylation sites (tertiary alicyclic amines) is 1. The number of carbonyl (C=O) groups is 2. The third-order valence-electron chi connectivity index (χ3n) is 5.60. The molecule has 1 saturated carbocycles. The monoisotopic (exact) mass is 412 g/mol. The molecule has 0 radical (unpaired) electrons. The average molecular weight is 412 g/mol. The lowest BCUT2D eigenvalue weighted by Gasteiger charge is -2.32. The van der Waals surface area contributed by atoms with Gasteiger partial charge in [-0.15, -0.1) is 0 Å². The summed E-state index contributed by atoms with van der Waals surface area (Å²) in [6, 6.07) is 4.84. The van der Waals surface area contributed by atoms with E-state index < -0.39 is 10.8 Å². The fourth-order valence-corrected chi connectivity index (χ4v) is 3.95. The van der Waals surface area contributed by atoms with Crippen LogP contribution in [0.4, 0.5) is 11.4 Å². The highest BCUT2D eigenvalue weighted by Gasteiger charge is 2.31. The maximum Gasteiger partial charge on any atom is 0.293 e. The second-order valence-corrected chi connectivity index (χ2v) is 7.96. The molecule has 0 bridgehead atoms. The molecule has 158 valence electrons. The Morgan fingerprint density at radius 2 is 2.07 bits per heavy atom. The Bertz CT molecular complexity index is 1010. The number of hydrogen-bond acceptors (Lipinski definition) is 6. The van der Waals surface area contributed by atoms with Gasteiger partial charge in [0.25, 0.3) is 17.5 Å². The molecule has 0 spiro atoms. The quantitative estimate of drug-likeness (QED) is 0.550. The number of nitrogens with two attached hydrogens (primary N) is 1. The van der Waals surface area contributed by atoms with Crippen LogP contribution >= 0.6 is 0 Å². The van der Waals surface area contributed by atoms with Crippen molar-refractivity contribution in [3.05, 3.63) is 51.3 Å². The van der Waals surface area contributed by atoms with Gasteiger partial charge in [0, 0.05) is 49.9 Å². The Labute approximate surface area is 173 Å². The summed E-state index contributed by atoms with van der Waals surface area (Å²) in [7, 11) is 1.72. The maximum atomic E-state index is 13.1. The van der Waals surface area contributed by atoms with E-state index >= 15 is 0 Å². The number of primary amides is 1. The number of piperidine rings is 1. The Kier molecular flexibility index (Phi) is 5.15. The van der Waals surface area contributed by atoms with Gasteiger partial charge in [0.05, 0.1) is 16.2 Å². The number of nitrogens with zero attached hydrogens (tertiary/aromatic N) is 4. The fourth-order valence-electron chi connectivity index (χ4n) is 3.95. The fraction of sp³-hybridized carbons (Fsp3) is 0.450. The molecule has 1 aromatic carbocycles. The third kappa shape index (κ3) is 3.98. The van der Waals surface area contributed by atoms with Crippen LogP contribution in [0, 0.1) is 10.1 Å². The van der Waals surface area contributed by atoms with E-state index in [-0.39, 0.29) is 29.1 Å². The number of nitro benzene ring substituents is 1. The lowest BCUT2D eigenvalue weighted by atomic mass is 9.92. The molecule has 1 aromatic heterocycles. The van der Waals surface area contributed by atoms with Gasteiger partial charge in [0.15, 0.2) is 0 Å². The predicted octanol–water partition coefficient (Wildman–Crippen LogP) is 2.02. The highest BCUT2D eigenvalue weighted by molar-refractivity contribution is 5.96. The molecule has 2 fully saturated rings. The summed E-state index contributed by atoms with van der Waals surface area (Å²) in [5, 5.41) is 19.0. The minimum Gasteiger partial charge on any atom is -0.377 e. The molecule has 3 N–H and O–H groups in total. The van der Waals surface area contributed by atoms with Crippen LogP contribution in [0.3, 0.4) is 0 Å². The summed E-state index contributed by atoms with van der Waals surface area (Å²) >= 11 is 0. The van der Waals surface area contributed by atoms with Crippen molar-refractivity contribution in [3.63, 3.8) is 0 Å². The van der Waals surface area contributed by atoms with Crippen molar-refractivity contribution in [1.82, 2.24) is 14.7 Å². The van der Waals surface area contributed by atoms with Gasteiger partial charge < -0.3 is 16.0 Å². The zero-order chi connectivity index (χ0) is 21.4. The summed E-state index contributed by atoms with van der Waals surface area (Å²) in [4.78, 5) is 37.5. The third-order valence-corrected chi connectivity index (χ3v) is 5.60. The van der Waals surface area contributed by atoms with E-state index in [1.165, 1.54) is 6.07 Å². The van der Waals surface area contributed by atoms with Gasteiger partial charge in [-0.1, -0.05) is 0 Å². The largest absolute Gasteiger partial charge is 0.377 e. The van der Waals surface area contributed by atoms with E-state index in [4.69, 9.17) is 5.73 Å². The first-order valence-corrected chi connectivity index (χ1v) is 10.0. The molecule has 2 heterocycles. The van der Waals surface area contributed by atoms with E-state index in [1.54, 1.807) is 35.0 Å². The Morgan fingerprint density at radius 1 is 1.30 bits per heavy atom. The van der Waals surface area contributed by atoms with Crippen LogP contribution in [0.15, 0.2) is 24.4 Å². The first kappa shape index (κ1) is 19.9. The molecule has 10 heteroatoms. The van der Waals surface area contributed by atoms with E-state index in [0.717, 1.165) is 25.7 Å². The molecule has 2 aromatic rings. The number of aryl methyl sites for hydroxylation is 1. The number of carbonyl (C=O) groups excluding carboxylic acids is 2. The summed E-state index contributed by atoms with van der Waals surface area (Å²) in [6.07, 6.45) is 5.11. The second kappa shape index (κ2) is 7.77. The molecule has 2 amide bonds. The number of benzene rings is 1. The summed E-state index contributed by atoms with van der Waals surface area (Å²) in [5.74, 6) is -0.926. The first-order valence-electron chi connectivity index (χ1n) is 10.0. The maximum absolute atomic E-state index is 13.1. The van der Waals surface area contributed by atoms with E-state index in [1.807, 2.05) is 0 Å². The van der Waals surface area contributed by atoms with Crippen LogP contribution in [0.5, 0.6) is 0 Å². The van der Waals surface area contributed by atoms with E-state index in [2.05, 4.69) is 10.4 Å². The predicted molar refractivity (Wildman–Crippen MR) is 109 cm³/mol. The van der Waals surface area contributed by atoms with Crippen molar-refractivity contribution >= 4 is 23.2 Å². The van der Waals surface area contributed by atoms with Gasteiger partial charge in [-0.2, -0.15) is 5.10 Å². The molecular weight excluding hydrogens is 388 g/mol. The van der Waals surface area contributed by atoms with Crippen LogP contribution in [0.1, 0.15) is 58.0 Å². The molecule has 1 saturated heterocycles. The van der Waals surface area contributed by atoms with Crippen molar-refractivity contribution in [3.8, 4) is 0 Å². The standard InChI is InChI=1S/C20H24N6O4/c1-24-11-15(19(21)27)18(23-24)13-3-2-8-25(10-13)20(28)12-4-7-16(22-14-5-6-14)17(9-12)26(29)30/h4,7,9,11,13-14,22H,2-3,5-6,8,10H2,1H3,(H2,21,27). The van der Waals surface area contributed by atoms with Crippen molar-refractivity contribution in [2.24, 2.45) is 12.8 Å². The Balaban J connectivity index is 1.55. The van der Waals surface area contributed by atoms with Crippen LogP contribution in [-0.4, -0.2) is 50.5 Å². The molecule has 1 unspecified atom stereocenters. The van der Waals surface area contributed by atoms with Crippen molar-refractivity contribution < 1.29 is 14.5 Å². The molecule has 2 aliphatic rings. The SMILES string of the molecule is Cn1cc(C(N)=O)c(C2CCCN(C(=O)c3ccc(NC4CC4)c([N+](=O)[O-])c3)C2)n1. The Hall–Kier alpha value is -3.43. The molecule has 1 aliphatic heterocycles. The number of anilines is 1. The van der Waals surface area contributed by atoms with Crippen LogP contribution < -0.4 is 11.1 Å². The summed E-state index contributed by atoms with van der Waals surface area (Å²) in [6.45, 7) is 0.927. The zero-order valence-electron chi connectivity index (χ0n) is 16.7. The highest BCUT2D eigenvalue weighted by atomic mass is 16.6. The van der Waals surface area contributed by atoms with Crippen LogP contribution in [0.2, 0.25) is 0 Å². The molecule has 30 heavy (non-hydrogen) atoms. The Morgan fingerprint density at radius 3 is 2.73 bits per heavy atom. The molecule has 1 atom stereocenters. The normalized spacial score (nSPS) is 18.8. The lowest BCUT2D eigenvalue weighted by molar-refractivity contribution is -0.384. The molecule has 10 nitrogen and oxygen atoms in total. The van der Waals surface area contributed by atoms with Gasteiger partial charge in [-0.3, -0.25) is 24.4 Å². The smallest absolute Gasteiger partial charge is 0.293 e. The number of nitrogens with one attached hydrogen (secondary N) is 1. The number of hydrogen-bond donors (Lipinski definition) is 2. The summed E-state index contributed by atoms with van der Waals surface area (Å²) < 4.78 is 1.55. The van der Waals surface area contributed by atoms with Crippen LogP contribution in [0.25, 0.3) is 0 Å². The topological polar surface area (TPSA) is 136 Å². The minimum absolute atomic E-state index is 0.0953. The van der Waals surface area contributed by atoms with Gasteiger partial charge in [-0.05, 0) is 37.8 Å². The highest BCUT2D eigenvalue weighted by Crippen LogP contribution is 2.33. The van der Waals surface area contributed by atoms with Gasteiger partial charge in [-0.25, -0.2) is 0 Å². The van der Waals surface area contributed by atoms with Gasteiger partial charge >= 0.3 is 0 Å². The van der Waals surface area contributed by atoms with Crippen molar-refractivity contribution in [2.45, 2.75) is 37.6 Å². The first-order chi connectivity index (χ1) is 14.3. The zero-order valence-corrected chi connectivity index (χ0v) is 16.7. The van der Waals surface area contributed by atoms with Gasteiger partial charge in [0.1, 0.15) is 5.69 Å². The molecule has 4 rings (SSSR count). The lowest BCUT2D eigenvalue weighted by Crippen LogP contribution is -2.39. The number of rotatable bonds is 6. The second-order valence-electron chi connectivity index (χ2n) is 7.96. The summed E-state index contributed by atoms with van der Waals surface area (Å²) in [5.41, 5.74) is 7.06. The number of nitro groups is 1. The van der Waals surface area contributed by atoms with Gasteiger partial charge in [0.2, 0.25) is 0 Å².